The molecular formula is C9H13N2O3S. The third-order valence-electron chi connectivity index (χ3n) is 1.78. The second kappa shape index (κ2) is 5.57. The minimum Gasteiger partial charge on any atom is -0.398 e. The van der Waals surface area contributed by atoms with E-state index in [1.165, 1.54) is 12.1 Å². The van der Waals surface area contributed by atoms with Gasteiger partial charge in [0.1, 0.15) is 0 Å². The lowest BCUT2D eigenvalue weighted by Crippen LogP contribution is -2.08. The third kappa shape index (κ3) is 3.41. The highest BCUT2D eigenvalue weighted by molar-refractivity contribution is 7.72. The Labute approximate surface area is 90.2 Å². The third-order valence-corrected chi connectivity index (χ3v) is 2.56. The zero-order chi connectivity index (χ0) is 11.3. The van der Waals surface area contributed by atoms with Crippen LogP contribution < -0.4 is 11.1 Å². The van der Waals surface area contributed by atoms with E-state index in [0.717, 1.165) is 0 Å². The van der Waals surface area contributed by atoms with E-state index >= 15 is 0 Å². The maximum absolute atomic E-state index is 10.7. The van der Waals surface area contributed by atoms with Gasteiger partial charge >= 0.3 is 0 Å². The number of nitrogen functional groups attached to an aromatic ring is 1. The Morgan fingerprint density at radius 3 is 2.87 bits per heavy atom. The summed E-state index contributed by atoms with van der Waals surface area (Å²) in [6.45, 7) is 1.18. The van der Waals surface area contributed by atoms with Crippen LogP contribution in [0.5, 0.6) is 0 Å². The number of methoxy groups -OCH3 is 1. The van der Waals surface area contributed by atoms with Crippen LogP contribution in [0.1, 0.15) is 0 Å². The van der Waals surface area contributed by atoms with Crippen molar-refractivity contribution in [3.63, 3.8) is 0 Å². The molecule has 1 rings (SSSR count). The molecule has 0 unspecified atom stereocenters. The molecule has 0 atom stereocenters. The number of hydrogen-bond acceptors (Lipinski definition) is 5. The van der Waals surface area contributed by atoms with Crippen molar-refractivity contribution < 1.29 is 13.2 Å². The fourth-order valence-corrected chi connectivity index (χ4v) is 1.49. The molecule has 5 nitrogen and oxygen atoms in total. The van der Waals surface area contributed by atoms with Gasteiger partial charge in [-0.05, 0) is 12.1 Å². The smallest absolute Gasteiger partial charge is 0.170 e. The largest absolute Gasteiger partial charge is 0.398 e. The second-order valence-corrected chi connectivity index (χ2v) is 3.86. The van der Waals surface area contributed by atoms with Crippen LogP contribution in [0.2, 0.25) is 0 Å². The SMILES string of the molecule is COCCNc1[c]cc([SH](=O)=O)c(N)c1. The van der Waals surface area contributed by atoms with Crippen LogP contribution in [0.25, 0.3) is 0 Å². The van der Waals surface area contributed by atoms with E-state index in [0.29, 0.717) is 18.8 Å². The highest BCUT2D eigenvalue weighted by atomic mass is 32.2. The van der Waals surface area contributed by atoms with Gasteiger partial charge in [-0.2, -0.15) is 0 Å². The molecule has 15 heavy (non-hydrogen) atoms. The van der Waals surface area contributed by atoms with Gasteiger partial charge in [0, 0.05) is 25.4 Å². The van der Waals surface area contributed by atoms with Gasteiger partial charge in [-0.3, -0.25) is 0 Å². The summed E-state index contributed by atoms with van der Waals surface area (Å²) in [7, 11) is -1.05. The lowest BCUT2D eigenvalue weighted by molar-refractivity contribution is 0.211. The van der Waals surface area contributed by atoms with Gasteiger partial charge in [-0.15, -0.1) is 0 Å². The zero-order valence-corrected chi connectivity index (χ0v) is 9.21. The highest BCUT2D eigenvalue weighted by Crippen LogP contribution is 2.18. The van der Waals surface area contributed by atoms with Crippen molar-refractivity contribution in [3.05, 3.63) is 18.2 Å². The monoisotopic (exact) mass is 229 g/mol. The quantitative estimate of drug-likeness (QED) is 0.379. The average Bonchev–Trinajstić information content (AvgIpc) is 2.17. The van der Waals surface area contributed by atoms with Crippen LogP contribution in [0.3, 0.4) is 0 Å². The number of hydrogen-bond donors (Lipinski definition) is 3. The summed E-state index contributed by atoms with van der Waals surface area (Å²) >= 11 is 0. The van der Waals surface area contributed by atoms with Crippen molar-refractivity contribution in [2.75, 3.05) is 31.3 Å². The molecule has 0 bridgehead atoms. The fraction of sp³-hybridized carbons (Fsp3) is 0.333. The Kier molecular flexibility index (Phi) is 4.38. The molecule has 6 heteroatoms. The number of anilines is 2. The second-order valence-electron chi connectivity index (χ2n) is 2.86. The van der Waals surface area contributed by atoms with Gasteiger partial charge in [-0.25, -0.2) is 8.42 Å². The van der Waals surface area contributed by atoms with E-state index in [1.54, 1.807) is 7.11 Å². The van der Waals surface area contributed by atoms with Crippen molar-refractivity contribution >= 4 is 22.1 Å². The van der Waals surface area contributed by atoms with Gasteiger partial charge < -0.3 is 15.8 Å². The molecule has 0 aliphatic heterocycles. The summed E-state index contributed by atoms with van der Waals surface area (Å²) in [5.41, 5.74) is 6.44. The first kappa shape index (κ1) is 11.8. The maximum atomic E-state index is 10.7. The average molecular weight is 229 g/mol. The Morgan fingerprint density at radius 2 is 2.33 bits per heavy atom. The Bertz CT molecular complexity index is 396. The van der Waals surface area contributed by atoms with Gasteiger partial charge in [0.2, 0.25) is 0 Å². The summed E-state index contributed by atoms with van der Waals surface area (Å²) in [5.74, 6) is 0. The molecule has 0 saturated carbocycles. The summed E-state index contributed by atoms with van der Waals surface area (Å²) in [6.07, 6.45) is 0. The number of benzene rings is 1. The van der Waals surface area contributed by atoms with E-state index in [2.05, 4.69) is 11.4 Å². The molecule has 0 aliphatic rings. The molecule has 0 fully saturated rings. The molecule has 0 spiro atoms. The van der Waals surface area contributed by atoms with Gasteiger partial charge in [-0.1, -0.05) is 0 Å². The van der Waals surface area contributed by atoms with E-state index in [4.69, 9.17) is 10.5 Å². The van der Waals surface area contributed by atoms with Crippen LogP contribution in [-0.4, -0.2) is 28.7 Å². The number of nitrogens with one attached hydrogen (secondary N) is 1. The Morgan fingerprint density at radius 1 is 1.60 bits per heavy atom. The first-order valence-electron chi connectivity index (χ1n) is 4.33. The molecule has 0 aliphatic carbocycles. The molecule has 3 N–H and O–H groups in total. The minimum atomic E-state index is -2.65. The predicted molar refractivity (Wildman–Crippen MR) is 58.6 cm³/mol. The van der Waals surface area contributed by atoms with Crippen molar-refractivity contribution in [1.82, 2.24) is 0 Å². The van der Waals surface area contributed by atoms with Crippen molar-refractivity contribution in [2.45, 2.75) is 4.90 Å². The lowest BCUT2D eigenvalue weighted by atomic mass is 10.3. The summed E-state index contributed by atoms with van der Waals surface area (Å²) in [4.78, 5) is 0.0993. The van der Waals surface area contributed by atoms with Crippen molar-refractivity contribution in [2.24, 2.45) is 0 Å². The molecule has 0 saturated heterocycles. The molecular weight excluding hydrogens is 216 g/mol. The highest BCUT2D eigenvalue weighted by Gasteiger charge is 2.02. The number of ether oxygens (including phenoxy) is 1. The first-order chi connectivity index (χ1) is 7.15. The van der Waals surface area contributed by atoms with E-state index in [9.17, 15) is 8.42 Å². The van der Waals surface area contributed by atoms with E-state index in [-0.39, 0.29) is 10.6 Å². The van der Waals surface area contributed by atoms with E-state index < -0.39 is 10.7 Å². The number of thiol groups is 1. The Balaban J connectivity index is 2.73. The standard InChI is InChI=1S/C9H13N2O3S/c1-14-5-4-11-7-2-3-9(15(12)13)8(10)6-7/h3,6,11,15H,4-5,10H2,1H3. The zero-order valence-electron chi connectivity index (χ0n) is 8.32. The van der Waals surface area contributed by atoms with Gasteiger partial charge in [0.05, 0.1) is 17.2 Å². The van der Waals surface area contributed by atoms with Crippen LogP contribution in [0, 0.1) is 6.07 Å². The molecule has 1 radical (unpaired) electrons. The maximum Gasteiger partial charge on any atom is 0.170 e. The topological polar surface area (TPSA) is 81.4 Å². The molecule has 1 aromatic rings. The normalized spacial score (nSPS) is 10.5. The first-order valence-corrected chi connectivity index (χ1v) is 5.51. The van der Waals surface area contributed by atoms with Gasteiger partial charge in [0.25, 0.3) is 0 Å². The molecule has 0 amide bonds. The molecule has 1 aromatic carbocycles. The van der Waals surface area contributed by atoms with Crippen LogP contribution >= 0.6 is 0 Å². The lowest BCUT2D eigenvalue weighted by Gasteiger charge is -2.06. The molecule has 0 aromatic heterocycles. The molecule has 0 heterocycles. The summed E-state index contributed by atoms with van der Waals surface area (Å²) in [6, 6.07) is 5.68. The van der Waals surface area contributed by atoms with E-state index in [1.807, 2.05) is 0 Å². The Hall–Kier alpha value is -1.27. The number of nitrogens with two attached hydrogens (primary N) is 1. The van der Waals surface area contributed by atoms with Gasteiger partial charge in [0.15, 0.2) is 10.7 Å². The number of rotatable bonds is 5. The molecule has 83 valence electrons. The summed E-state index contributed by atoms with van der Waals surface area (Å²) < 4.78 is 26.2. The minimum absolute atomic E-state index is 0.0993. The van der Waals surface area contributed by atoms with Crippen LogP contribution in [0.4, 0.5) is 11.4 Å². The van der Waals surface area contributed by atoms with Crippen LogP contribution in [-0.2, 0) is 15.4 Å². The fourth-order valence-electron chi connectivity index (χ4n) is 1.05. The van der Waals surface area contributed by atoms with Crippen molar-refractivity contribution in [1.29, 1.82) is 0 Å². The predicted octanol–water partition coefficient (Wildman–Crippen LogP) is 0.0976. The van der Waals surface area contributed by atoms with Crippen molar-refractivity contribution in [3.8, 4) is 0 Å². The summed E-state index contributed by atoms with van der Waals surface area (Å²) in [5, 5.41) is 3.00. The van der Waals surface area contributed by atoms with Crippen LogP contribution in [0.15, 0.2) is 17.0 Å².